The molecule has 0 radical (unpaired) electrons. The van der Waals surface area contributed by atoms with E-state index in [4.69, 9.17) is 35.1 Å². The lowest BCUT2D eigenvalue weighted by Crippen LogP contribution is -2.21. The molecule has 1 aromatic carbocycles. The Kier molecular flexibility index (Phi) is 7.10. The van der Waals surface area contributed by atoms with E-state index in [0.29, 0.717) is 11.4 Å². The van der Waals surface area contributed by atoms with Crippen LogP contribution in [0.3, 0.4) is 0 Å². The number of hydrogen-bond acceptors (Lipinski definition) is 3. The van der Waals surface area contributed by atoms with Gasteiger partial charge >= 0.3 is 7.82 Å². The van der Waals surface area contributed by atoms with Gasteiger partial charge in [0.25, 0.3) is 0 Å². The van der Waals surface area contributed by atoms with E-state index in [0.717, 1.165) is 0 Å². The molecule has 0 aliphatic rings. The predicted molar refractivity (Wildman–Crippen MR) is 72.0 cm³/mol. The van der Waals surface area contributed by atoms with Crippen molar-refractivity contribution in [2.45, 2.75) is 20.0 Å². The third kappa shape index (κ3) is 11.2. The van der Waals surface area contributed by atoms with Crippen molar-refractivity contribution in [3.63, 3.8) is 0 Å². The SMILES string of the molecule is CC(C)Oc1ccccc1NC(=N)N.O=P(O)(O)O. The van der Waals surface area contributed by atoms with Crippen LogP contribution >= 0.6 is 7.82 Å². The van der Waals surface area contributed by atoms with Crippen molar-refractivity contribution in [2.24, 2.45) is 5.73 Å². The molecule has 0 saturated heterocycles. The van der Waals surface area contributed by atoms with Crippen LogP contribution in [0.4, 0.5) is 5.69 Å². The van der Waals surface area contributed by atoms with Crippen molar-refractivity contribution in [1.29, 1.82) is 5.41 Å². The quantitative estimate of drug-likeness (QED) is 0.274. The van der Waals surface area contributed by atoms with Crippen LogP contribution < -0.4 is 15.8 Å². The Bertz CT molecular complexity index is 452. The van der Waals surface area contributed by atoms with Crippen LogP contribution in [0.5, 0.6) is 5.75 Å². The van der Waals surface area contributed by atoms with Gasteiger partial charge in [-0.25, -0.2) is 4.57 Å². The minimum atomic E-state index is -4.64. The number of phosphoric acid groups is 1. The summed E-state index contributed by atoms with van der Waals surface area (Å²) >= 11 is 0. The van der Waals surface area contributed by atoms with Crippen molar-refractivity contribution < 1.29 is 24.0 Å². The highest BCUT2D eigenvalue weighted by Gasteiger charge is 2.04. The lowest BCUT2D eigenvalue weighted by Gasteiger charge is -2.14. The van der Waals surface area contributed by atoms with Crippen molar-refractivity contribution in [3.8, 4) is 5.75 Å². The zero-order valence-electron chi connectivity index (χ0n) is 10.6. The van der Waals surface area contributed by atoms with Gasteiger partial charge in [0.1, 0.15) is 5.75 Å². The van der Waals surface area contributed by atoms with E-state index in [2.05, 4.69) is 5.32 Å². The molecule has 0 heterocycles. The topological polar surface area (TPSA) is 149 Å². The lowest BCUT2D eigenvalue weighted by atomic mass is 10.3. The largest absolute Gasteiger partial charge is 0.489 e. The number of nitrogens with two attached hydrogens (primary N) is 1. The van der Waals surface area contributed by atoms with Crippen molar-refractivity contribution in [2.75, 3.05) is 5.32 Å². The first-order chi connectivity index (χ1) is 8.59. The maximum absolute atomic E-state index is 8.88. The molecule has 1 rings (SSSR count). The highest BCUT2D eigenvalue weighted by atomic mass is 31.2. The monoisotopic (exact) mass is 291 g/mol. The van der Waals surface area contributed by atoms with E-state index >= 15 is 0 Å². The van der Waals surface area contributed by atoms with E-state index in [1.165, 1.54) is 0 Å². The van der Waals surface area contributed by atoms with Crippen LogP contribution in [0.25, 0.3) is 0 Å². The predicted octanol–water partition coefficient (Wildman–Crippen LogP) is 0.851. The van der Waals surface area contributed by atoms with E-state index in [1.54, 1.807) is 0 Å². The second kappa shape index (κ2) is 7.75. The van der Waals surface area contributed by atoms with Crippen molar-refractivity contribution in [1.82, 2.24) is 0 Å². The van der Waals surface area contributed by atoms with E-state index in [-0.39, 0.29) is 12.1 Å². The van der Waals surface area contributed by atoms with Gasteiger partial charge in [0, 0.05) is 0 Å². The molecule has 0 aliphatic heterocycles. The second-order valence-electron chi connectivity index (χ2n) is 3.71. The average Bonchev–Trinajstić information content (AvgIpc) is 2.16. The summed E-state index contributed by atoms with van der Waals surface area (Å²) in [5.41, 5.74) is 5.96. The van der Waals surface area contributed by atoms with Crippen molar-refractivity contribution in [3.05, 3.63) is 24.3 Å². The fraction of sp³-hybridized carbons (Fsp3) is 0.300. The smallest absolute Gasteiger partial charge is 0.466 e. The molecule has 9 heteroatoms. The third-order valence-electron chi connectivity index (χ3n) is 1.52. The molecule has 0 unspecified atom stereocenters. The molecule has 0 fully saturated rings. The molecule has 0 spiro atoms. The van der Waals surface area contributed by atoms with Gasteiger partial charge in [0.15, 0.2) is 5.96 Å². The zero-order chi connectivity index (χ0) is 15.1. The second-order valence-corrected chi connectivity index (χ2v) is 4.74. The Morgan fingerprint density at radius 1 is 1.37 bits per heavy atom. The fourth-order valence-corrected chi connectivity index (χ4v) is 1.07. The Morgan fingerprint density at radius 3 is 2.26 bits per heavy atom. The Balaban J connectivity index is 0.000000555. The molecule has 0 amide bonds. The summed E-state index contributed by atoms with van der Waals surface area (Å²) in [5, 5.41) is 9.84. The number of para-hydroxylation sites is 2. The molecule has 108 valence electrons. The Labute approximate surface area is 111 Å². The van der Waals surface area contributed by atoms with Crippen LogP contribution in [0, 0.1) is 5.41 Å². The van der Waals surface area contributed by atoms with Gasteiger partial charge in [-0.1, -0.05) is 12.1 Å². The van der Waals surface area contributed by atoms with E-state index < -0.39 is 7.82 Å². The van der Waals surface area contributed by atoms with Crippen molar-refractivity contribution >= 4 is 19.5 Å². The van der Waals surface area contributed by atoms with Crippen LogP contribution in [-0.2, 0) is 4.57 Å². The van der Waals surface area contributed by atoms with Gasteiger partial charge in [0.05, 0.1) is 11.8 Å². The lowest BCUT2D eigenvalue weighted by molar-refractivity contribution is 0.244. The molecular weight excluding hydrogens is 273 g/mol. The molecule has 0 atom stereocenters. The minimum absolute atomic E-state index is 0.0928. The molecular formula is C10H18N3O5P. The maximum Gasteiger partial charge on any atom is 0.466 e. The molecule has 0 saturated carbocycles. The highest BCUT2D eigenvalue weighted by molar-refractivity contribution is 7.45. The molecule has 7 N–H and O–H groups in total. The first kappa shape index (κ1) is 17.4. The van der Waals surface area contributed by atoms with E-state index in [1.807, 2.05) is 38.1 Å². The average molecular weight is 291 g/mol. The summed E-state index contributed by atoms with van der Waals surface area (Å²) in [6.45, 7) is 3.90. The first-order valence-electron chi connectivity index (χ1n) is 5.24. The number of ether oxygens (including phenoxy) is 1. The minimum Gasteiger partial charge on any atom is -0.489 e. The van der Waals surface area contributed by atoms with Gasteiger partial charge in [0.2, 0.25) is 0 Å². The summed E-state index contributed by atoms with van der Waals surface area (Å²) < 4.78 is 14.4. The maximum atomic E-state index is 8.88. The number of guanidine groups is 1. The number of anilines is 1. The van der Waals surface area contributed by atoms with Gasteiger partial charge in [-0.2, -0.15) is 0 Å². The normalized spacial score (nSPS) is 10.4. The highest BCUT2D eigenvalue weighted by Crippen LogP contribution is 2.26. The molecule has 0 aliphatic carbocycles. The number of nitrogens with one attached hydrogen (secondary N) is 2. The molecule has 0 bridgehead atoms. The summed E-state index contributed by atoms with van der Waals surface area (Å²) in [4.78, 5) is 21.6. The number of rotatable bonds is 3. The van der Waals surface area contributed by atoms with Gasteiger partial charge < -0.3 is 30.5 Å². The van der Waals surface area contributed by atoms with Gasteiger partial charge in [-0.3, -0.25) is 5.41 Å². The Morgan fingerprint density at radius 2 is 1.84 bits per heavy atom. The molecule has 1 aromatic rings. The summed E-state index contributed by atoms with van der Waals surface area (Å²) in [7, 11) is -4.64. The molecule has 8 nitrogen and oxygen atoms in total. The van der Waals surface area contributed by atoms with Gasteiger partial charge in [-0.15, -0.1) is 0 Å². The zero-order valence-corrected chi connectivity index (χ0v) is 11.5. The summed E-state index contributed by atoms with van der Waals surface area (Å²) in [5.74, 6) is 0.613. The standard InChI is InChI=1S/C10H15N3O.H3O4P/c1-7(2)14-9-6-4-3-5-8(9)13-10(11)12;1-5(2,3)4/h3-7H,1-2H3,(H4,11,12,13);(H3,1,2,3,4). The molecule has 0 aromatic heterocycles. The van der Waals surface area contributed by atoms with Crippen LogP contribution in [0.2, 0.25) is 0 Å². The van der Waals surface area contributed by atoms with Crippen LogP contribution in [0.15, 0.2) is 24.3 Å². The van der Waals surface area contributed by atoms with E-state index in [9.17, 15) is 0 Å². The summed E-state index contributed by atoms with van der Waals surface area (Å²) in [6, 6.07) is 7.39. The third-order valence-corrected chi connectivity index (χ3v) is 1.52. The van der Waals surface area contributed by atoms with Crippen LogP contribution in [0.1, 0.15) is 13.8 Å². The Hall–Kier alpha value is -1.60. The van der Waals surface area contributed by atoms with Gasteiger partial charge in [-0.05, 0) is 26.0 Å². The number of hydrogen-bond donors (Lipinski definition) is 6. The molecule has 19 heavy (non-hydrogen) atoms. The fourth-order valence-electron chi connectivity index (χ4n) is 1.07. The van der Waals surface area contributed by atoms with Crippen LogP contribution in [-0.4, -0.2) is 26.7 Å². The summed E-state index contributed by atoms with van der Waals surface area (Å²) in [6.07, 6.45) is 0.102. The number of benzene rings is 1. The first-order valence-corrected chi connectivity index (χ1v) is 6.81.